The molecule has 0 spiro atoms. The van der Waals surface area contributed by atoms with Gasteiger partial charge in [0.15, 0.2) is 0 Å². The van der Waals surface area contributed by atoms with Crippen molar-refractivity contribution in [2.75, 3.05) is 13.6 Å². The molecule has 3 heterocycles. The van der Waals surface area contributed by atoms with Crippen LogP contribution in [0.3, 0.4) is 0 Å². The molecule has 0 aliphatic carbocycles. The van der Waals surface area contributed by atoms with Crippen LogP contribution in [0.25, 0.3) is 22.2 Å². The summed E-state index contributed by atoms with van der Waals surface area (Å²) in [6.07, 6.45) is 1.75. The van der Waals surface area contributed by atoms with Gasteiger partial charge in [-0.25, -0.2) is 0 Å². The number of nitrogens with zero attached hydrogens (tertiary/aromatic N) is 3. The first-order valence-electron chi connectivity index (χ1n) is 9.26. The van der Waals surface area contributed by atoms with E-state index in [2.05, 4.69) is 58.5 Å². The number of benzene rings is 2. The highest BCUT2D eigenvalue weighted by molar-refractivity contribution is 5.78. The van der Waals surface area contributed by atoms with Crippen LogP contribution in [-0.2, 0) is 6.54 Å². The number of likely N-dealkylation sites (N-methyl/N-ethyl adjacent to an activating group) is 1. The molecule has 0 saturated heterocycles. The third kappa shape index (κ3) is 2.92. The zero-order valence-electron chi connectivity index (χ0n) is 15.5. The SMILES string of the molecule is Cc1ccc(-c2ccc3c(c2)CN(C)CC3c2ccc3ccoc3c2)nn1. The lowest BCUT2D eigenvalue weighted by Crippen LogP contribution is -2.31. The number of hydrogen-bond donors (Lipinski definition) is 0. The molecule has 2 aromatic carbocycles. The van der Waals surface area contributed by atoms with Crippen molar-refractivity contribution < 1.29 is 4.42 Å². The predicted octanol–water partition coefficient (Wildman–Crippen LogP) is 4.78. The van der Waals surface area contributed by atoms with E-state index in [0.29, 0.717) is 5.92 Å². The fourth-order valence-electron chi connectivity index (χ4n) is 4.03. The molecule has 1 unspecified atom stereocenters. The number of aromatic nitrogens is 2. The Morgan fingerprint density at radius 1 is 1.00 bits per heavy atom. The molecule has 0 bridgehead atoms. The molecule has 5 rings (SSSR count). The zero-order chi connectivity index (χ0) is 18.4. The summed E-state index contributed by atoms with van der Waals surface area (Å²) >= 11 is 0. The summed E-state index contributed by atoms with van der Waals surface area (Å²) in [5.74, 6) is 0.339. The molecular weight excluding hydrogens is 334 g/mol. The molecule has 2 aromatic heterocycles. The molecule has 4 aromatic rings. The molecule has 1 aliphatic heterocycles. The largest absolute Gasteiger partial charge is 0.464 e. The van der Waals surface area contributed by atoms with Crippen molar-refractivity contribution >= 4 is 11.0 Å². The summed E-state index contributed by atoms with van der Waals surface area (Å²) in [7, 11) is 2.18. The number of rotatable bonds is 2. The van der Waals surface area contributed by atoms with E-state index in [0.717, 1.165) is 41.0 Å². The second-order valence-electron chi connectivity index (χ2n) is 7.44. The first kappa shape index (κ1) is 16.2. The Hall–Kier alpha value is -2.98. The molecule has 4 nitrogen and oxygen atoms in total. The Balaban J connectivity index is 1.57. The quantitative estimate of drug-likeness (QED) is 0.519. The van der Waals surface area contributed by atoms with Gasteiger partial charge in [-0.3, -0.25) is 0 Å². The Morgan fingerprint density at radius 3 is 2.78 bits per heavy atom. The van der Waals surface area contributed by atoms with Crippen molar-refractivity contribution in [1.29, 1.82) is 0 Å². The van der Waals surface area contributed by atoms with Gasteiger partial charge in [0.05, 0.1) is 17.7 Å². The van der Waals surface area contributed by atoms with E-state index in [1.54, 1.807) is 6.26 Å². The first-order chi connectivity index (χ1) is 13.2. The van der Waals surface area contributed by atoms with E-state index in [4.69, 9.17) is 4.42 Å². The van der Waals surface area contributed by atoms with Gasteiger partial charge in [-0.05, 0) is 61.0 Å². The molecule has 27 heavy (non-hydrogen) atoms. The van der Waals surface area contributed by atoms with Gasteiger partial charge in [0.2, 0.25) is 0 Å². The van der Waals surface area contributed by atoms with E-state index in [1.165, 1.54) is 16.7 Å². The summed E-state index contributed by atoms with van der Waals surface area (Å²) in [6.45, 7) is 3.91. The minimum Gasteiger partial charge on any atom is -0.464 e. The molecule has 0 radical (unpaired) electrons. The average molecular weight is 355 g/mol. The monoisotopic (exact) mass is 355 g/mol. The smallest absolute Gasteiger partial charge is 0.134 e. The highest BCUT2D eigenvalue weighted by Gasteiger charge is 2.25. The maximum Gasteiger partial charge on any atom is 0.134 e. The van der Waals surface area contributed by atoms with Crippen LogP contribution in [0.4, 0.5) is 0 Å². The summed E-state index contributed by atoms with van der Waals surface area (Å²) in [5.41, 5.74) is 7.98. The van der Waals surface area contributed by atoms with Crippen LogP contribution in [0, 0.1) is 6.92 Å². The van der Waals surface area contributed by atoms with E-state index < -0.39 is 0 Å². The molecule has 4 heteroatoms. The van der Waals surface area contributed by atoms with Crippen LogP contribution in [0.1, 0.15) is 28.3 Å². The highest BCUT2D eigenvalue weighted by Crippen LogP contribution is 2.36. The Morgan fingerprint density at radius 2 is 1.93 bits per heavy atom. The third-order valence-electron chi connectivity index (χ3n) is 5.43. The number of aryl methyl sites for hydroxylation is 1. The summed E-state index contributed by atoms with van der Waals surface area (Å²) < 4.78 is 5.62. The first-order valence-corrected chi connectivity index (χ1v) is 9.26. The maximum atomic E-state index is 5.62. The highest BCUT2D eigenvalue weighted by atomic mass is 16.3. The molecule has 0 N–H and O–H groups in total. The fraction of sp³-hybridized carbons (Fsp3) is 0.217. The molecule has 1 aliphatic rings. The van der Waals surface area contributed by atoms with Crippen molar-refractivity contribution in [3.63, 3.8) is 0 Å². The number of fused-ring (bicyclic) bond motifs is 2. The van der Waals surface area contributed by atoms with Crippen LogP contribution >= 0.6 is 0 Å². The van der Waals surface area contributed by atoms with Gasteiger partial charge in [-0.15, -0.1) is 0 Å². The van der Waals surface area contributed by atoms with Gasteiger partial charge in [0, 0.05) is 30.0 Å². The van der Waals surface area contributed by atoms with Gasteiger partial charge >= 0.3 is 0 Å². The van der Waals surface area contributed by atoms with E-state index in [1.807, 2.05) is 25.1 Å². The Kier molecular flexibility index (Phi) is 3.80. The molecule has 0 saturated carbocycles. The van der Waals surface area contributed by atoms with E-state index >= 15 is 0 Å². The predicted molar refractivity (Wildman–Crippen MR) is 107 cm³/mol. The van der Waals surface area contributed by atoms with Gasteiger partial charge in [0.1, 0.15) is 5.58 Å². The maximum absolute atomic E-state index is 5.62. The van der Waals surface area contributed by atoms with Crippen LogP contribution in [0.2, 0.25) is 0 Å². The second-order valence-corrected chi connectivity index (χ2v) is 7.44. The third-order valence-corrected chi connectivity index (χ3v) is 5.43. The van der Waals surface area contributed by atoms with Crippen LogP contribution in [0.5, 0.6) is 0 Å². The van der Waals surface area contributed by atoms with Crippen LogP contribution in [0.15, 0.2) is 65.3 Å². The van der Waals surface area contributed by atoms with Gasteiger partial charge in [0.25, 0.3) is 0 Å². The zero-order valence-corrected chi connectivity index (χ0v) is 15.5. The van der Waals surface area contributed by atoms with E-state index in [-0.39, 0.29) is 0 Å². The Bertz CT molecular complexity index is 1110. The molecule has 134 valence electrons. The van der Waals surface area contributed by atoms with E-state index in [9.17, 15) is 0 Å². The van der Waals surface area contributed by atoms with Crippen molar-refractivity contribution in [2.24, 2.45) is 0 Å². The van der Waals surface area contributed by atoms with Crippen molar-refractivity contribution in [1.82, 2.24) is 15.1 Å². The lowest BCUT2D eigenvalue weighted by molar-refractivity contribution is 0.295. The topological polar surface area (TPSA) is 42.2 Å². The average Bonchev–Trinajstić information content (AvgIpc) is 3.15. The lowest BCUT2D eigenvalue weighted by Gasteiger charge is -2.33. The minimum atomic E-state index is 0.339. The van der Waals surface area contributed by atoms with Gasteiger partial charge < -0.3 is 9.32 Å². The standard InChI is InChI=1S/C23H21N3O/c1-15-3-8-22(25-24-15)18-6-7-20-19(11-18)13-26(2)14-21(20)17-5-4-16-9-10-27-23(16)12-17/h3-12,21H,13-14H2,1-2H3. The second kappa shape index (κ2) is 6.32. The molecule has 0 amide bonds. The van der Waals surface area contributed by atoms with Gasteiger partial charge in [-0.2, -0.15) is 10.2 Å². The van der Waals surface area contributed by atoms with Crippen molar-refractivity contribution in [3.05, 3.63) is 83.2 Å². The van der Waals surface area contributed by atoms with Crippen LogP contribution in [-0.4, -0.2) is 28.7 Å². The van der Waals surface area contributed by atoms with Gasteiger partial charge in [-0.1, -0.05) is 24.3 Å². The number of furan rings is 1. The Labute approximate surface area is 158 Å². The summed E-state index contributed by atoms with van der Waals surface area (Å²) in [5, 5.41) is 9.69. The molecular formula is C23H21N3O. The van der Waals surface area contributed by atoms with Crippen molar-refractivity contribution in [3.8, 4) is 11.3 Å². The summed E-state index contributed by atoms with van der Waals surface area (Å²) in [4.78, 5) is 2.38. The molecule has 1 atom stereocenters. The van der Waals surface area contributed by atoms with Crippen molar-refractivity contribution in [2.45, 2.75) is 19.4 Å². The lowest BCUT2D eigenvalue weighted by atomic mass is 9.83. The number of hydrogen-bond acceptors (Lipinski definition) is 4. The normalized spacial score (nSPS) is 17.2. The fourth-order valence-corrected chi connectivity index (χ4v) is 4.03. The molecule has 0 fully saturated rings. The summed E-state index contributed by atoms with van der Waals surface area (Å²) in [6, 6.07) is 19.3. The minimum absolute atomic E-state index is 0.339. The van der Waals surface area contributed by atoms with Crippen LogP contribution < -0.4 is 0 Å².